The van der Waals surface area contributed by atoms with Crippen LogP contribution < -0.4 is 5.73 Å². The Kier molecular flexibility index (Phi) is 4.30. The van der Waals surface area contributed by atoms with Crippen molar-refractivity contribution in [2.24, 2.45) is 5.73 Å². The third-order valence-electron chi connectivity index (χ3n) is 3.20. The van der Waals surface area contributed by atoms with Gasteiger partial charge in [0.2, 0.25) is 5.91 Å². The lowest BCUT2D eigenvalue weighted by Crippen LogP contribution is -2.56. The van der Waals surface area contributed by atoms with Crippen molar-refractivity contribution in [2.45, 2.75) is 18.9 Å². The lowest BCUT2D eigenvalue weighted by molar-refractivity contribution is -0.136. The molecule has 0 saturated carbocycles. The molecule has 1 aliphatic rings. The van der Waals surface area contributed by atoms with Gasteiger partial charge in [-0.25, -0.2) is 0 Å². The lowest BCUT2D eigenvalue weighted by Gasteiger charge is -2.34. The maximum absolute atomic E-state index is 12.4. The second-order valence-electron chi connectivity index (χ2n) is 4.98. The Morgan fingerprint density at radius 2 is 1.94 bits per heavy atom. The van der Waals surface area contributed by atoms with Crippen LogP contribution in [0.4, 0.5) is 0 Å². The number of benzene rings is 1. The molecule has 1 fully saturated rings. The average Bonchev–Trinajstić information content (AvgIpc) is 2.39. The van der Waals surface area contributed by atoms with Gasteiger partial charge in [0.15, 0.2) is 0 Å². The molecule has 0 radical (unpaired) electrons. The first-order valence-electron chi connectivity index (χ1n) is 6.29. The van der Waals surface area contributed by atoms with Crippen molar-refractivity contribution >= 4 is 17.7 Å². The predicted octanol–water partition coefficient (Wildman–Crippen LogP) is 1.52. The van der Waals surface area contributed by atoms with Gasteiger partial charge >= 0.3 is 0 Å². The molecular weight excluding hydrogens is 244 g/mol. The molecule has 1 amide bonds. The third kappa shape index (κ3) is 3.27. The molecule has 0 spiro atoms. The molecule has 1 aromatic carbocycles. The highest BCUT2D eigenvalue weighted by Crippen LogP contribution is 2.17. The molecular formula is C14H20N2OS. The number of carbonyl (C=O) groups is 1. The van der Waals surface area contributed by atoms with Gasteiger partial charge in [-0.3, -0.25) is 4.79 Å². The van der Waals surface area contributed by atoms with E-state index in [0.29, 0.717) is 6.42 Å². The normalized spacial score (nSPS) is 19.3. The van der Waals surface area contributed by atoms with Crippen molar-refractivity contribution in [2.75, 3.05) is 24.6 Å². The summed E-state index contributed by atoms with van der Waals surface area (Å²) in [7, 11) is 0. The van der Waals surface area contributed by atoms with Crippen molar-refractivity contribution in [1.82, 2.24) is 4.90 Å². The molecule has 1 heterocycles. The number of hydrogen-bond donors (Lipinski definition) is 1. The molecule has 3 nitrogen and oxygen atoms in total. The second-order valence-corrected chi connectivity index (χ2v) is 6.21. The van der Waals surface area contributed by atoms with Crippen molar-refractivity contribution in [1.29, 1.82) is 0 Å². The van der Waals surface area contributed by atoms with Crippen molar-refractivity contribution < 1.29 is 4.79 Å². The second kappa shape index (κ2) is 5.76. The smallest absolute Gasteiger partial charge is 0.242 e. The van der Waals surface area contributed by atoms with Crippen LogP contribution in [0.25, 0.3) is 0 Å². The molecule has 98 valence electrons. The highest BCUT2D eigenvalue weighted by Gasteiger charge is 2.33. The number of thioether (sulfide) groups is 1. The summed E-state index contributed by atoms with van der Waals surface area (Å²) in [6, 6.07) is 9.97. The number of nitrogens with two attached hydrogens (primary N) is 1. The minimum Gasteiger partial charge on any atom is -0.339 e. The molecule has 1 aromatic rings. The van der Waals surface area contributed by atoms with E-state index in [1.165, 1.54) is 0 Å². The Morgan fingerprint density at radius 1 is 1.33 bits per heavy atom. The van der Waals surface area contributed by atoms with Gasteiger partial charge in [0, 0.05) is 24.6 Å². The fraction of sp³-hybridized carbons (Fsp3) is 0.500. The van der Waals surface area contributed by atoms with Crippen LogP contribution in [0.15, 0.2) is 30.3 Å². The van der Waals surface area contributed by atoms with E-state index in [2.05, 4.69) is 0 Å². The van der Waals surface area contributed by atoms with Crippen LogP contribution in [0.5, 0.6) is 0 Å². The van der Waals surface area contributed by atoms with E-state index >= 15 is 0 Å². The van der Waals surface area contributed by atoms with Crippen molar-refractivity contribution in [3.8, 4) is 0 Å². The van der Waals surface area contributed by atoms with E-state index in [4.69, 9.17) is 5.73 Å². The maximum atomic E-state index is 12.4. The van der Waals surface area contributed by atoms with Crippen LogP contribution in [0.1, 0.15) is 12.5 Å². The standard InChI is InChI=1S/C14H20N2OS/c1-14(15,11-12-5-3-2-4-6-12)13(17)16-7-9-18-10-8-16/h2-6H,7-11,15H2,1H3. The van der Waals surface area contributed by atoms with Gasteiger partial charge in [0.05, 0.1) is 5.54 Å². The van der Waals surface area contributed by atoms with Crippen molar-refractivity contribution in [3.63, 3.8) is 0 Å². The summed E-state index contributed by atoms with van der Waals surface area (Å²) in [6.45, 7) is 3.49. The van der Waals surface area contributed by atoms with Gasteiger partial charge in [-0.2, -0.15) is 11.8 Å². The SMILES string of the molecule is CC(N)(Cc1ccccc1)C(=O)N1CCSCC1. The first-order valence-corrected chi connectivity index (χ1v) is 7.45. The molecule has 1 atom stereocenters. The minimum atomic E-state index is -0.802. The van der Waals surface area contributed by atoms with Gasteiger partial charge in [-0.15, -0.1) is 0 Å². The highest BCUT2D eigenvalue weighted by atomic mass is 32.2. The van der Waals surface area contributed by atoms with Crippen molar-refractivity contribution in [3.05, 3.63) is 35.9 Å². The summed E-state index contributed by atoms with van der Waals surface area (Å²) in [4.78, 5) is 14.3. The Hall–Kier alpha value is -1.00. The Balaban J connectivity index is 2.03. The zero-order chi connectivity index (χ0) is 13.0. The lowest BCUT2D eigenvalue weighted by atomic mass is 9.92. The summed E-state index contributed by atoms with van der Waals surface area (Å²) < 4.78 is 0. The number of nitrogens with zero attached hydrogens (tertiary/aromatic N) is 1. The van der Waals surface area contributed by atoms with E-state index < -0.39 is 5.54 Å². The highest BCUT2D eigenvalue weighted by molar-refractivity contribution is 7.99. The number of carbonyl (C=O) groups excluding carboxylic acids is 1. The van der Waals surface area contributed by atoms with Crippen LogP contribution in [0.3, 0.4) is 0 Å². The summed E-state index contributed by atoms with van der Waals surface area (Å²) >= 11 is 1.90. The maximum Gasteiger partial charge on any atom is 0.242 e. The Bertz CT molecular complexity index is 400. The molecule has 0 aliphatic carbocycles. The molecule has 2 rings (SSSR count). The van der Waals surface area contributed by atoms with E-state index in [-0.39, 0.29) is 5.91 Å². The van der Waals surface area contributed by atoms with Gasteiger partial charge in [0.25, 0.3) is 0 Å². The fourth-order valence-electron chi connectivity index (χ4n) is 2.22. The van der Waals surface area contributed by atoms with Gasteiger partial charge in [-0.05, 0) is 18.9 Å². The number of amides is 1. The summed E-state index contributed by atoms with van der Waals surface area (Å²) in [5.41, 5.74) is 6.54. The molecule has 0 bridgehead atoms. The van der Waals surface area contributed by atoms with Gasteiger partial charge in [-0.1, -0.05) is 30.3 Å². The fourth-order valence-corrected chi connectivity index (χ4v) is 3.13. The van der Waals surface area contributed by atoms with Crippen LogP contribution in [-0.2, 0) is 11.2 Å². The molecule has 1 unspecified atom stereocenters. The summed E-state index contributed by atoms with van der Waals surface area (Å²) in [5.74, 6) is 2.12. The first-order chi connectivity index (χ1) is 8.59. The van der Waals surface area contributed by atoms with E-state index in [9.17, 15) is 4.79 Å². The van der Waals surface area contributed by atoms with Gasteiger partial charge < -0.3 is 10.6 Å². The molecule has 1 aliphatic heterocycles. The molecule has 2 N–H and O–H groups in total. The van der Waals surface area contributed by atoms with Crippen LogP contribution in [-0.4, -0.2) is 40.9 Å². The summed E-state index contributed by atoms with van der Waals surface area (Å²) in [5, 5.41) is 0. The number of hydrogen-bond acceptors (Lipinski definition) is 3. The van der Waals surface area contributed by atoms with E-state index in [1.54, 1.807) is 0 Å². The molecule has 1 saturated heterocycles. The molecule has 18 heavy (non-hydrogen) atoms. The average molecular weight is 264 g/mol. The Morgan fingerprint density at radius 3 is 2.56 bits per heavy atom. The minimum absolute atomic E-state index is 0.0756. The molecule has 4 heteroatoms. The zero-order valence-electron chi connectivity index (χ0n) is 10.8. The molecule has 0 aromatic heterocycles. The van der Waals surface area contributed by atoms with Crippen LogP contribution in [0, 0.1) is 0 Å². The van der Waals surface area contributed by atoms with Crippen LogP contribution in [0.2, 0.25) is 0 Å². The Labute approximate surface area is 113 Å². The van der Waals surface area contributed by atoms with Gasteiger partial charge in [0.1, 0.15) is 0 Å². The first kappa shape index (κ1) is 13.4. The largest absolute Gasteiger partial charge is 0.339 e. The number of rotatable bonds is 3. The summed E-state index contributed by atoms with van der Waals surface area (Å²) in [6.07, 6.45) is 0.594. The predicted molar refractivity (Wildman–Crippen MR) is 76.6 cm³/mol. The topological polar surface area (TPSA) is 46.3 Å². The van der Waals surface area contributed by atoms with E-state index in [0.717, 1.165) is 30.2 Å². The third-order valence-corrected chi connectivity index (χ3v) is 4.14. The zero-order valence-corrected chi connectivity index (χ0v) is 11.6. The van der Waals surface area contributed by atoms with Crippen LogP contribution >= 0.6 is 11.8 Å². The quantitative estimate of drug-likeness (QED) is 0.900. The van der Waals surface area contributed by atoms with E-state index in [1.807, 2.05) is 53.9 Å². The monoisotopic (exact) mass is 264 g/mol.